The van der Waals surface area contributed by atoms with Crippen LogP contribution in [0.1, 0.15) is 19.3 Å². The maximum Gasteiger partial charge on any atom is 0.190 e. The molecule has 3 heteroatoms. The standard InChI is InChI=1S/C8H16O2Si/c1-2-6-10-11-8-5-3-4-7-9-8/h2,8H,1,3-7,11H2. The molecule has 0 aromatic rings. The summed E-state index contributed by atoms with van der Waals surface area (Å²) in [5, 5.41) is 0. The second-order valence-electron chi connectivity index (χ2n) is 2.81. The molecule has 1 saturated heterocycles. The van der Waals surface area contributed by atoms with Crippen LogP contribution >= 0.6 is 0 Å². The highest BCUT2D eigenvalue weighted by atomic mass is 28.2. The summed E-state index contributed by atoms with van der Waals surface area (Å²) in [5.41, 5.74) is 0.476. The fraction of sp³-hybridized carbons (Fsp3) is 0.750. The van der Waals surface area contributed by atoms with Crippen molar-refractivity contribution in [2.45, 2.75) is 25.0 Å². The van der Waals surface area contributed by atoms with Gasteiger partial charge in [0.05, 0.1) is 12.3 Å². The molecule has 0 bridgehead atoms. The molecule has 1 aliphatic heterocycles. The van der Waals surface area contributed by atoms with E-state index in [4.69, 9.17) is 9.16 Å². The molecule has 0 aromatic carbocycles. The highest BCUT2D eigenvalue weighted by molar-refractivity contribution is 6.29. The first-order valence-corrected chi connectivity index (χ1v) is 5.63. The van der Waals surface area contributed by atoms with E-state index >= 15 is 0 Å². The Bertz CT molecular complexity index is 111. The van der Waals surface area contributed by atoms with Crippen LogP contribution in [-0.2, 0) is 9.16 Å². The molecule has 0 N–H and O–H groups in total. The Morgan fingerprint density at radius 3 is 3.18 bits per heavy atom. The average Bonchev–Trinajstić information content (AvgIpc) is 2.07. The fourth-order valence-electron chi connectivity index (χ4n) is 1.22. The molecule has 0 aromatic heterocycles. The van der Waals surface area contributed by atoms with E-state index in [1.165, 1.54) is 19.3 Å². The van der Waals surface area contributed by atoms with Crippen LogP contribution in [0.4, 0.5) is 0 Å². The van der Waals surface area contributed by atoms with Crippen LogP contribution in [0.25, 0.3) is 0 Å². The molecule has 1 heterocycles. The van der Waals surface area contributed by atoms with Gasteiger partial charge in [0.2, 0.25) is 0 Å². The van der Waals surface area contributed by atoms with E-state index in [1.54, 1.807) is 6.08 Å². The van der Waals surface area contributed by atoms with E-state index in [0.29, 0.717) is 12.3 Å². The van der Waals surface area contributed by atoms with Crippen LogP contribution < -0.4 is 0 Å². The van der Waals surface area contributed by atoms with Gasteiger partial charge < -0.3 is 9.16 Å². The molecule has 1 atom stereocenters. The highest BCUT2D eigenvalue weighted by Gasteiger charge is 2.13. The first kappa shape index (κ1) is 8.97. The summed E-state index contributed by atoms with van der Waals surface area (Å²) in [7, 11) is -0.439. The topological polar surface area (TPSA) is 18.5 Å². The van der Waals surface area contributed by atoms with Crippen molar-refractivity contribution in [3.05, 3.63) is 12.7 Å². The fourth-order valence-corrected chi connectivity index (χ4v) is 2.51. The molecular formula is C8H16O2Si. The minimum Gasteiger partial charge on any atom is -0.418 e. The Labute approximate surface area is 70.5 Å². The predicted molar refractivity (Wildman–Crippen MR) is 48.3 cm³/mol. The van der Waals surface area contributed by atoms with Gasteiger partial charge in [0, 0.05) is 6.61 Å². The lowest BCUT2D eigenvalue weighted by atomic mass is 10.2. The summed E-state index contributed by atoms with van der Waals surface area (Å²) in [5.74, 6) is 0. The minimum absolute atomic E-state index is 0.439. The third-order valence-corrected chi connectivity index (χ3v) is 3.30. The Morgan fingerprint density at radius 1 is 1.64 bits per heavy atom. The molecule has 1 aliphatic rings. The maximum atomic E-state index is 5.53. The van der Waals surface area contributed by atoms with Gasteiger partial charge in [-0.3, -0.25) is 0 Å². The zero-order valence-electron chi connectivity index (χ0n) is 6.92. The zero-order valence-corrected chi connectivity index (χ0v) is 8.34. The van der Waals surface area contributed by atoms with Crippen LogP contribution in [0.3, 0.4) is 0 Å². The zero-order chi connectivity index (χ0) is 7.94. The Balaban J connectivity index is 2.00. The molecule has 1 fully saturated rings. The molecule has 64 valence electrons. The first-order chi connectivity index (χ1) is 5.43. The van der Waals surface area contributed by atoms with Crippen LogP contribution in [0.2, 0.25) is 0 Å². The van der Waals surface area contributed by atoms with E-state index in [9.17, 15) is 0 Å². The number of ether oxygens (including phenoxy) is 1. The minimum atomic E-state index is -0.439. The second-order valence-corrected chi connectivity index (χ2v) is 4.47. The summed E-state index contributed by atoms with van der Waals surface area (Å²) in [6, 6.07) is 0. The maximum absolute atomic E-state index is 5.53. The molecule has 11 heavy (non-hydrogen) atoms. The number of hydrogen-bond donors (Lipinski definition) is 0. The smallest absolute Gasteiger partial charge is 0.190 e. The Hall–Kier alpha value is -0.123. The molecule has 0 radical (unpaired) electrons. The van der Waals surface area contributed by atoms with Crippen molar-refractivity contribution in [1.29, 1.82) is 0 Å². The van der Waals surface area contributed by atoms with Crippen LogP contribution in [0, 0.1) is 0 Å². The average molecular weight is 172 g/mol. The van der Waals surface area contributed by atoms with Gasteiger partial charge in [0.25, 0.3) is 0 Å². The summed E-state index contributed by atoms with van der Waals surface area (Å²) < 4.78 is 10.9. The van der Waals surface area contributed by atoms with Gasteiger partial charge in [-0.05, 0) is 19.3 Å². The molecule has 1 unspecified atom stereocenters. The van der Waals surface area contributed by atoms with Gasteiger partial charge in [-0.25, -0.2) is 0 Å². The van der Waals surface area contributed by atoms with Gasteiger partial charge in [-0.2, -0.15) is 0 Å². The van der Waals surface area contributed by atoms with E-state index in [1.807, 2.05) is 0 Å². The van der Waals surface area contributed by atoms with Gasteiger partial charge >= 0.3 is 0 Å². The van der Waals surface area contributed by atoms with E-state index < -0.39 is 9.76 Å². The summed E-state index contributed by atoms with van der Waals surface area (Å²) in [4.78, 5) is 0. The molecule has 0 amide bonds. The van der Waals surface area contributed by atoms with Crippen molar-refractivity contribution in [3.8, 4) is 0 Å². The monoisotopic (exact) mass is 172 g/mol. The molecule has 2 nitrogen and oxygen atoms in total. The highest BCUT2D eigenvalue weighted by Crippen LogP contribution is 2.11. The van der Waals surface area contributed by atoms with Gasteiger partial charge in [-0.15, -0.1) is 6.58 Å². The van der Waals surface area contributed by atoms with Crippen molar-refractivity contribution in [3.63, 3.8) is 0 Å². The first-order valence-electron chi connectivity index (χ1n) is 4.23. The molecular weight excluding hydrogens is 156 g/mol. The van der Waals surface area contributed by atoms with Gasteiger partial charge in [-0.1, -0.05) is 6.08 Å². The molecule has 0 spiro atoms. The Morgan fingerprint density at radius 2 is 2.55 bits per heavy atom. The largest absolute Gasteiger partial charge is 0.418 e. The van der Waals surface area contributed by atoms with E-state index in [0.717, 1.165) is 6.61 Å². The summed E-state index contributed by atoms with van der Waals surface area (Å²) in [6.45, 7) is 5.24. The SMILES string of the molecule is C=CCO[SiH2]C1CCCCO1. The van der Waals surface area contributed by atoms with Crippen LogP contribution in [0.5, 0.6) is 0 Å². The third-order valence-electron chi connectivity index (χ3n) is 1.81. The van der Waals surface area contributed by atoms with Crippen molar-refractivity contribution < 1.29 is 9.16 Å². The summed E-state index contributed by atoms with van der Waals surface area (Å²) >= 11 is 0. The normalized spacial score (nSPS) is 26.0. The Kier molecular flexibility index (Phi) is 4.50. The van der Waals surface area contributed by atoms with Crippen molar-refractivity contribution in [2.75, 3.05) is 13.2 Å². The number of rotatable bonds is 4. The number of hydrogen-bond acceptors (Lipinski definition) is 2. The van der Waals surface area contributed by atoms with Crippen LogP contribution in [-0.4, -0.2) is 28.7 Å². The van der Waals surface area contributed by atoms with Gasteiger partial charge in [0.15, 0.2) is 9.76 Å². The van der Waals surface area contributed by atoms with Crippen molar-refractivity contribution in [1.82, 2.24) is 0 Å². The van der Waals surface area contributed by atoms with E-state index in [2.05, 4.69) is 6.58 Å². The van der Waals surface area contributed by atoms with Crippen molar-refractivity contribution in [2.24, 2.45) is 0 Å². The quantitative estimate of drug-likeness (QED) is 0.355. The van der Waals surface area contributed by atoms with Crippen molar-refractivity contribution >= 4 is 9.76 Å². The van der Waals surface area contributed by atoms with E-state index in [-0.39, 0.29) is 0 Å². The summed E-state index contributed by atoms with van der Waals surface area (Å²) in [6.07, 6.45) is 5.56. The lowest BCUT2D eigenvalue weighted by Crippen LogP contribution is -2.27. The lowest BCUT2D eigenvalue weighted by Gasteiger charge is -2.21. The van der Waals surface area contributed by atoms with Gasteiger partial charge in [0.1, 0.15) is 0 Å². The lowest BCUT2D eigenvalue weighted by molar-refractivity contribution is 0.0561. The molecule has 1 rings (SSSR count). The second kappa shape index (κ2) is 5.52. The van der Waals surface area contributed by atoms with Crippen LogP contribution in [0.15, 0.2) is 12.7 Å². The predicted octanol–water partition coefficient (Wildman–Crippen LogP) is 0.799. The third kappa shape index (κ3) is 3.70. The molecule has 0 aliphatic carbocycles. The molecule has 0 saturated carbocycles.